The van der Waals surface area contributed by atoms with E-state index in [0.29, 0.717) is 6.61 Å². The van der Waals surface area contributed by atoms with Crippen LogP contribution in [0.4, 0.5) is 5.69 Å². The van der Waals surface area contributed by atoms with Gasteiger partial charge in [-0.25, -0.2) is 0 Å². The van der Waals surface area contributed by atoms with Crippen LogP contribution in [0.1, 0.15) is 5.56 Å². The quantitative estimate of drug-likeness (QED) is 0.641. The predicted octanol–water partition coefficient (Wildman–Crippen LogP) is 1.82. The van der Waals surface area contributed by atoms with E-state index in [1.807, 2.05) is 30.1 Å². The van der Waals surface area contributed by atoms with Crippen molar-refractivity contribution in [3.63, 3.8) is 0 Å². The molecule has 88 valence electrons. The fraction of sp³-hybridized carbons (Fsp3) is 0.364. The molecule has 1 rings (SSSR count). The molecule has 3 N–H and O–H groups in total. The number of rotatable bonds is 5. The van der Waals surface area contributed by atoms with Gasteiger partial charge in [-0.3, -0.25) is 5.41 Å². The monoisotopic (exact) mass is 285 g/mol. The predicted molar refractivity (Wildman–Crippen MR) is 70.3 cm³/mol. The molecule has 0 aliphatic carbocycles. The Bertz CT molecular complexity index is 381. The number of ether oxygens (including phenoxy) is 1. The van der Waals surface area contributed by atoms with E-state index in [0.717, 1.165) is 22.3 Å². The number of hydrogen-bond acceptors (Lipinski definition) is 3. The van der Waals surface area contributed by atoms with Crippen molar-refractivity contribution in [1.82, 2.24) is 0 Å². The Kier molecular flexibility index (Phi) is 4.76. The lowest BCUT2D eigenvalue weighted by molar-refractivity contribution is 0.206. The second-order valence-electron chi connectivity index (χ2n) is 3.49. The summed E-state index contributed by atoms with van der Waals surface area (Å²) < 4.78 is 6.00. The van der Waals surface area contributed by atoms with E-state index in [1.54, 1.807) is 7.11 Å². The summed E-state index contributed by atoms with van der Waals surface area (Å²) in [4.78, 5) is 2.02. The van der Waals surface area contributed by atoms with Crippen LogP contribution >= 0.6 is 15.9 Å². The second kappa shape index (κ2) is 5.86. The highest BCUT2D eigenvalue weighted by Crippen LogP contribution is 2.23. The molecule has 0 unspecified atom stereocenters. The standard InChI is InChI=1S/C11H16BrN3O/c1-15(5-6-16-2)10-7-8(12)3-4-9(10)11(13)14/h3-4,7H,5-6H2,1-2H3,(H3,13,14). The number of nitrogens with one attached hydrogen (secondary N) is 1. The molecule has 0 aliphatic heterocycles. The molecule has 0 bridgehead atoms. The average Bonchev–Trinajstić information content (AvgIpc) is 2.25. The average molecular weight is 286 g/mol. The molecular formula is C11H16BrN3O. The topological polar surface area (TPSA) is 62.3 Å². The third-order valence-corrected chi connectivity index (χ3v) is 2.79. The van der Waals surface area contributed by atoms with Gasteiger partial charge in [-0.15, -0.1) is 0 Å². The molecule has 1 aromatic carbocycles. The Morgan fingerprint density at radius 2 is 2.25 bits per heavy atom. The molecule has 16 heavy (non-hydrogen) atoms. The fourth-order valence-electron chi connectivity index (χ4n) is 1.40. The minimum Gasteiger partial charge on any atom is -0.384 e. The van der Waals surface area contributed by atoms with E-state index >= 15 is 0 Å². The number of nitrogen functional groups attached to an aromatic ring is 1. The molecule has 0 fully saturated rings. The molecule has 4 nitrogen and oxygen atoms in total. The van der Waals surface area contributed by atoms with Gasteiger partial charge in [0.25, 0.3) is 0 Å². The second-order valence-corrected chi connectivity index (χ2v) is 4.41. The number of likely N-dealkylation sites (N-methyl/N-ethyl adjacent to an activating group) is 1. The Balaban J connectivity index is 2.99. The lowest BCUT2D eigenvalue weighted by atomic mass is 10.1. The molecule has 0 radical (unpaired) electrons. The number of halogens is 1. The largest absolute Gasteiger partial charge is 0.384 e. The van der Waals surface area contributed by atoms with E-state index < -0.39 is 0 Å². The van der Waals surface area contributed by atoms with Crippen molar-refractivity contribution in [2.45, 2.75) is 0 Å². The van der Waals surface area contributed by atoms with E-state index in [2.05, 4.69) is 15.9 Å². The zero-order chi connectivity index (χ0) is 12.1. The molecular weight excluding hydrogens is 270 g/mol. The highest BCUT2D eigenvalue weighted by atomic mass is 79.9. The summed E-state index contributed by atoms with van der Waals surface area (Å²) in [5.74, 6) is 0.0757. The van der Waals surface area contributed by atoms with Crippen molar-refractivity contribution >= 4 is 27.5 Å². The summed E-state index contributed by atoms with van der Waals surface area (Å²) in [6.07, 6.45) is 0. The van der Waals surface area contributed by atoms with E-state index in [4.69, 9.17) is 15.9 Å². The lowest BCUT2D eigenvalue weighted by Gasteiger charge is -2.22. The van der Waals surface area contributed by atoms with Crippen LogP contribution in [0.3, 0.4) is 0 Å². The summed E-state index contributed by atoms with van der Waals surface area (Å²) in [7, 11) is 3.62. The van der Waals surface area contributed by atoms with Crippen LogP contribution < -0.4 is 10.6 Å². The number of hydrogen-bond donors (Lipinski definition) is 2. The first-order chi connectivity index (χ1) is 7.56. The maximum absolute atomic E-state index is 7.52. The number of methoxy groups -OCH3 is 1. The van der Waals surface area contributed by atoms with Crippen molar-refractivity contribution in [2.75, 3.05) is 32.2 Å². The molecule has 5 heteroatoms. The lowest BCUT2D eigenvalue weighted by Crippen LogP contribution is -2.25. The number of anilines is 1. The van der Waals surface area contributed by atoms with Gasteiger partial charge in [-0.05, 0) is 18.2 Å². The van der Waals surface area contributed by atoms with Crippen molar-refractivity contribution in [2.24, 2.45) is 5.73 Å². The van der Waals surface area contributed by atoms with Gasteiger partial charge in [-0.1, -0.05) is 15.9 Å². The van der Waals surface area contributed by atoms with Crippen molar-refractivity contribution in [1.29, 1.82) is 5.41 Å². The fourth-order valence-corrected chi connectivity index (χ4v) is 1.75. The van der Waals surface area contributed by atoms with E-state index in [9.17, 15) is 0 Å². The first-order valence-corrected chi connectivity index (χ1v) is 5.69. The molecule has 0 spiro atoms. The van der Waals surface area contributed by atoms with Crippen LogP contribution in [0.25, 0.3) is 0 Å². The summed E-state index contributed by atoms with van der Waals surface area (Å²) in [6, 6.07) is 5.67. The third-order valence-electron chi connectivity index (χ3n) is 2.29. The summed E-state index contributed by atoms with van der Waals surface area (Å²) in [6.45, 7) is 1.40. The molecule has 0 heterocycles. The summed E-state index contributed by atoms with van der Waals surface area (Å²) in [5.41, 5.74) is 7.21. The first kappa shape index (κ1) is 13.0. The maximum atomic E-state index is 7.52. The molecule has 0 aromatic heterocycles. The van der Waals surface area contributed by atoms with Gasteiger partial charge in [-0.2, -0.15) is 0 Å². The number of nitrogens with zero attached hydrogens (tertiary/aromatic N) is 1. The smallest absolute Gasteiger partial charge is 0.124 e. The van der Waals surface area contributed by atoms with Gasteiger partial charge in [0.2, 0.25) is 0 Å². The van der Waals surface area contributed by atoms with Crippen molar-refractivity contribution in [3.8, 4) is 0 Å². The molecule has 0 saturated carbocycles. The molecule has 1 aromatic rings. The van der Waals surface area contributed by atoms with Crippen molar-refractivity contribution in [3.05, 3.63) is 28.2 Å². The van der Waals surface area contributed by atoms with E-state index in [1.165, 1.54) is 0 Å². The Morgan fingerprint density at radius 1 is 1.56 bits per heavy atom. The summed E-state index contributed by atoms with van der Waals surface area (Å²) in [5, 5.41) is 7.52. The van der Waals surface area contributed by atoms with Crippen LogP contribution in [-0.2, 0) is 4.74 Å². The minimum absolute atomic E-state index is 0.0757. The van der Waals surface area contributed by atoms with Crippen LogP contribution in [0.5, 0.6) is 0 Å². The van der Waals surface area contributed by atoms with Crippen LogP contribution in [0.15, 0.2) is 22.7 Å². The summed E-state index contributed by atoms with van der Waals surface area (Å²) >= 11 is 3.41. The van der Waals surface area contributed by atoms with Crippen molar-refractivity contribution < 1.29 is 4.74 Å². The SMILES string of the molecule is COCCN(C)c1cc(Br)ccc1C(=N)N. The zero-order valence-electron chi connectivity index (χ0n) is 9.46. The van der Waals surface area contributed by atoms with E-state index in [-0.39, 0.29) is 5.84 Å². The minimum atomic E-state index is 0.0757. The highest BCUT2D eigenvalue weighted by molar-refractivity contribution is 9.10. The number of benzene rings is 1. The van der Waals surface area contributed by atoms with Gasteiger partial charge in [0.1, 0.15) is 5.84 Å². The van der Waals surface area contributed by atoms with Gasteiger partial charge < -0.3 is 15.4 Å². The normalized spacial score (nSPS) is 10.2. The maximum Gasteiger partial charge on any atom is 0.124 e. The van der Waals surface area contributed by atoms with Crippen LogP contribution in [-0.4, -0.2) is 33.1 Å². The van der Waals surface area contributed by atoms with Gasteiger partial charge in [0, 0.05) is 36.4 Å². The van der Waals surface area contributed by atoms with Crippen LogP contribution in [0, 0.1) is 5.41 Å². The van der Waals surface area contributed by atoms with Gasteiger partial charge >= 0.3 is 0 Å². The molecule has 0 amide bonds. The van der Waals surface area contributed by atoms with Gasteiger partial charge in [0.15, 0.2) is 0 Å². The van der Waals surface area contributed by atoms with Gasteiger partial charge in [0.05, 0.1) is 6.61 Å². The van der Waals surface area contributed by atoms with Crippen LogP contribution in [0.2, 0.25) is 0 Å². The number of amidine groups is 1. The Labute approximate surface area is 104 Å². The first-order valence-electron chi connectivity index (χ1n) is 4.90. The molecule has 0 saturated heterocycles. The molecule has 0 atom stereocenters. The highest BCUT2D eigenvalue weighted by Gasteiger charge is 2.10. The third kappa shape index (κ3) is 3.21. The Hall–Kier alpha value is -1.07. The molecule has 0 aliphatic rings. The zero-order valence-corrected chi connectivity index (χ0v) is 11.0. The Morgan fingerprint density at radius 3 is 2.81 bits per heavy atom. The number of nitrogens with two attached hydrogens (primary N) is 1.